The molecule has 2 aromatic rings. The van der Waals surface area contributed by atoms with Crippen LogP contribution in [0.1, 0.15) is 37.0 Å². The minimum absolute atomic E-state index is 0.0847. The van der Waals surface area contributed by atoms with E-state index in [1.165, 1.54) is 0 Å². The second-order valence-corrected chi connectivity index (χ2v) is 6.34. The maximum absolute atomic E-state index is 12.0. The largest absolute Gasteiger partial charge is 0.389 e. The number of benzene rings is 1. The molecule has 0 fully saturated rings. The summed E-state index contributed by atoms with van der Waals surface area (Å²) in [5.74, 6) is -0.295. The fourth-order valence-corrected chi connectivity index (χ4v) is 2.93. The lowest BCUT2D eigenvalue weighted by atomic mass is 10.0. The van der Waals surface area contributed by atoms with Crippen LogP contribution in [0.15, 0.2) is 47.2 Å². The van der Waals surface area contributed by atoms with Crippen molar-refractivity contribution >= 4 is 17.2 Å². The smallest absolute Gasteiger partial charge is 0.227 e. The normalized spacial score (nSPS) is 14.9. The number of aliphatic hydroxyl groups is 1. The summed E-state index contributed by atoms with van der Waals surface area (Å²) in [4.78, 5) is 12.0. The summed E-state index contributed by atoms with van der Waals surface area (Å²) in [5, 5.41) is 16.7. The van der Waals surface area contributed by atoms with Gasteiger partial charge in [0.05, 0.1) is 24.7 Å². The third-order valence-corrected chi connectivity index (χ3v) is 4.46. The van der Waals surface area contributed by atoms with Gasteiger partial charge in [0.2, 0.25) is 5.91 Å². The molecule has 1 heterocycles. The van der Waals surface area contributed by atoms with E-state index in [4.69, 9.17) is 4.74 Å². The lowest BCUT2D eigenvalue weighted by molar-refractivity contribution is -0.122. The second kappa shape index (κ2) is 8.82. The highest BCUT2D eigenvalue weighted by Gasteiger charge is 2.17. The number of hydrogen-bond donors (Lipinski definition) is 2. The van der Waals surface area contributed by atoms with Crippen molar-refractivity contribution in [3.8, 4) is 0 Å². The Bertz CT molecular complexity index is 586. The summed E-state index contributed by atoms with van der Waals surface area (Å²) in [6.07, 6.45) is -0.814. The summed E-state index contributed by atoms with van der Waals surface area (Å²) < 4.78 is 5.66. The summed E-state index contributed by atoms with van der Waals surface area (Å²) in [6, 6.07) is 11.8. The van der Waals surface area contributed by atoms with Crippen LogP contribution in [-0.2, 0) is 9.53 Å². The van der Waals surface area contributed by atoms with Crippen LogP contribution in [0.3, 0.4) is 0 Å². The second-order valence-electron chi connectivity index (χ2n) is 5.56. The predicted molar refractivity (Wildman–Crippen MR) is 92.6 cm³/mol. The summed E-state index contributed by atoms with van der Waals surface area (Å²) >= 11 is 1.57. The van der Waals surface area contributed by atoms with Crippen molar-refractivity contribution in [1.29, 1.82) is 0 Å². The molecule has 2 rings (SSSR count). The fraction of sp³-hybridized carbons (Fsp3) is 0.389. The maximum Gasteiger partial charge on any atom is 0.227 e. The van der Waals surface area contributed by atoms with Gasteiger partial charge in [0.1, 0.15) is 0 Å². The molecule has 0 spiro atoms. The Balaban J connectivity index is 1.70. The van der Waals surface area contributed by atoms with Crippen molar-refractivity contribution in [1.82, 2.24) is 5.32 Å². The van der Waals surface area contributed by atoms with Gasteiger partial charge in [-0.2, -0.15) is 11.3 Å². The van der Waals surface area contributed by atoms with Crippen LogP contribution in [0.5, 0.6) is 0 Å². The quantitative estimate of drug-likeness (QED) is 0.780. The molecule has 3 atom stereocenters. The molecule has 0 saturated heterocycles. The Kier molecular flexibility index (Phi) is 6.77. The topological polar surface area (TPSA) is 58.6 Å². The van der Waals surface area contributed by atoms with Gasteiger partial charge in [-0.15, -0.1) is 0 Å². The third-order valence-electron chi connectivity index (χ3n) is 3.76. The average Bonchev–Trinajstić information content (AvgIpc) is 3.12. The van der Waals surface area contributed by atoms with Crippen LogP contribution in [0, 0.1) is 0 Å². The van der Waals surface area contributed by atoms with Gasteiger partial charge < -0.3 is 15.2 Å². The number of hydrogen-bond acceptors (Lipinski definition) is 4. The lowest BCUT2D eigenvalue weighted by Crippen LogP contribution is -2.36. The average molecular weight is 333 g/mol. The number of carbonyl (C=O) groups is 1. The Hall–Kier alpha value is -1.69. The lowest BCUT2D eigenvalue weighted by Gasteiger charge is -2.18. The molecule has 23 heavy (non-hydrogen) atoms. The van der Waals surface area contributed by atoms with Gasteiger partial charge in [0, 0.05) is 6.54 Å². The molecule has 2 N–H and O–H groups in total. The van der Waals surface area contributed by atoms with E-state index in [9.17, 15) is 9.90 Å². The third kappa shape index (κ3) is 5.46. The zero-order chi connectivity index (χ0) is 16.7. The van der Waals surface area contributed by atoms with Crippen molar-refractivity contribution in [3.63, 3.8) is 0 Å². The number of nitrogens with one attached hydrogen (secondary N) is 1. The molecular formula is C18H23NO3S. The molecule has 0 radical (unpaired) electrons. The molecule has 0 aliphatic heterocycles. The van der Waals surface area contributed by atoms with E-state index in [0.29, 0.717) is 0 Å². The number of rotatable bonds is 8. The minimum atomic E-state index is -0.722. The first-order chi connectivity index (χ1) is 11.1. The van der Waals surface area contributed by atoms with Gasteiger partial charge in [0.15, 0.2) is 0 Å². The van der Waals surface area contributed by atoms with Crippen molar-refractivity contribution in [2.45, 2.75) is 32.0 Å². The van der Waals surface area contributed by atoms with Gasteiger partial charge in [-0.1, -0.05) is 30.3 Å². The van der Waals surface area contributed by atoms with Gasteiger partial charge in [-0.25, -0.2) is 0 Å². The van der Waals surface area contributed by atoms with Crippen LogP contribution in [0.4, 0.5) is 0 Å². The SMILES string of the molecule is C[C@H](OC[C@H](O)CNC(=O)[C@H](C)c1ccsc1)c1ccccc1. The Morgan fingerprint density at radius 2 is 1.96 bits per heavy atom. The van der Waals surface area contributed by atoms with E-state index in [1.807, 2.05) is 61.0 Å². The number of amides is 1. The highest BCUT2D eigenvalue weighted by atomic mass is 32.1. The van der Waals surface area contributed by atoms with E-state index >= 15 is 0 Å². The van der Waals surface area contributed by atoms with Crippen LogP contribution >= 0.6 is 11.3 Å². The first-order valence-electron chi connectivity index (χ1n) is 7.72. The Morgan fingerprint density at radius 3 is 2.61 bits per heavy atom. The number of thiophene rings is 1. The fourth-order valence-electron chi connectivity index (χ4n) is 2.18. The molecule has 1 amide bonds. The van der Waals surface area contributed by atoms with Crippen LogP contribution in [-0.4, -0.2) is 30.3 Å². The van der Waals surface area contributed by atoms with Gasteiger partial charge in [-0.3, -0.25) is 4.79 Å². The van der Waals surface area contributed by atoms with E-state index < -0.39 is 6.10 Å². The van der Waals surface area contributed by atoms with Gasteiger partial charge in [-0.05, 0) is 41.8 Å². The van der Waals surface area contributed by atoms with Gasteiger partial charge >= 0.3 is 0 Å². The maximum atomic E-state index is 12.0. The van der Waals surface area contributed by atoms with E-state index in [0.717, 1.165) is 11.1 Å². The molecule has 4 nitrogen and oxygen atoms in total. The van der Waals surface area contributed by atoms with Crippen molar-refractivity contribution in [3.05, 3.63) is 58.3 Å². The number of aliphatic hydroxyl groups excluding tert-OH is 1. The molecule has 0 unspecified atom stereocenters. The van der Waals surface area contributed by atoms with Crippen LogP contribution in [0.25, 0.3) is 0 Å². The molecule has 0 bridgehead atoms. The molecule has 5 heteroatoms. The molecule has 0 aliphatic carbocycles. The Morgan fingerprint density at radius 1 is 1.22 bits per heavy atom. The Labute approximate surface area is 141 Å². The van der Waals surface area contributed by atoms with Crippen LogP contribution < -0.4 is 5.32 Å². The molecule has 0 aliphatic rings. The van der Waals surface area contributed by atoms with Crippen molar-refractivity contribution in [2.24, 2.45) is 0 Å². The molecule has 1 aromatic carbocycles. The van der Waals surface area contributed by atoms with E-state index in [-0.39, 0.29) is 31.1 Å². The summed E-state index contributed by atoms with van der Waals surface area (Å²) in [7, 11) is 0. The number of ether oxygens (including phenoxy) is 1. The van der Waals surface area contributed by atoms with Crippen molar-refractivity contribution < 1.29 is 14.6 Å². The number of carbonyl (C=O) groups excluding carboxylic acids is 1. The molecular weight excluding hydrogens is 310 g/mol. The highest BCUT2D eigenvalue weighted by molar-refractivity contribution is 7.08. The molecule has 124 valence electrons. The van der Waals surface area contributed by atoms with Gasteiger partial charge in [0.25, 0.3) is 0 Å². The summed E-state index contributed by atoms with van der Waals surface area (Å²) in [5.41, 5.74) is 2.06. The molecule has 0 saturated carbocycles. The molecule has 1 aromatic heterocycles. The zero-order valence-corrected chi connectivity index (χ0v) is 14.3. The summed E-state index contributed by atoms with van der Waals surface area (Å²) in [6.45, 7) is 4.18. The standard InChI is InChI=1S/C18H23NO3S/c1-13(16-8-9-23-12-16)18(21)19-10-17(20)11-22-14(2)15-6-4-3-5-7-15/h3-9,12-14,17,20H,10-11H2,1-2H3,(H,19,21)/t13-,14+,17-/m1/s1. The van der Waals surface area contributed by atoms with E-state index in [2.05, 4.69) is 5.32 Å². The first kappa shape index (κ1) is 17.7. The predicted octanol–water partition coefficient (Wildman–Crippen LogP) is 3.11. The van der Waals surface area contributed by atoms with Crippen LogP contribution in [0.2, 0.25) is 0 Å². The first-order valence-corrected chi connectivity index (χ1v) is 8.66. The van der Waals surface area contributed by atoms with E-state index in [1.54, 1.807) is 11.3 Å². The highest BCUT2D eigenvalue weighted by Crippen LogP contribution is 2.18. The zero-order valence-electron chi connectivity index (χ0n) is 13.4. The minimum Gasteiger partial charge on any atom is -0.389 e. The monoisotopic (exact) mass is 333 g/mol. The van der Waals surface area contributed by atoms with Crippen molar-refractivity contribution in [2.75, 3.05) is 13.2 Å².